The number of nitrogens with zero attached hydrogens (tertiary/aromatic N) is 1. The lowest BCUT2D eigenvalue weighted by Gasteiger charge is -2.32. The summed E-state index contributed by atoms with van der Waals surface area (Å²) in [4.78, 5) is 40.3. The Morgan fingerprint density at radius 3 is 2.61 bits per heavy atom. The van der Waals surface area contributed by atoms with E-state index in [4.69, 9.17) is 4.74 Å². The summed E-state index contributed by atoms with van der Waals surface area (Å²) in [5.41, 5.74) is 0. The van der Waals surface area contributed by atoms with Crippen molar-refractivity contribution in [3.05, 3.63) is 12.2 Å². The molecule has 0 radical (unpaired) electrons. The maximum Gasteiger partial charge on any atom is 0.310 e. The SMILES string of the molecule is CCCCCNC(=O)[C@@H]1[C@H]2C=C[C@@H](C)[C@@H](C(=O)OCC)[C@H]2C(=O)N1CCCO. The second-order valence-electron chi connectivity index (χ2n) is 7.68. The van der Waals surface area contributed by atoms with E-state index in [0.717, 1.165) is 19.3 Å². The molecule has 2 rings (SSSR count). The second-order valence-corrected chi connectivity index (χ2v) is 7.68. The lowest BCUT2D eigenvalue weighted by molar-refractivity contribution is -0.155. The topological polar surface area (TPSA) is 95.9 Å². The number of rotatable bonds is 10. The highest BCUT2D eigenvalue weighted by Crippen LogP contribution is 2.44. The van der Waals surface area contributed by atoms with Gasteiger partial charge in [-0.25, -0.2) is 0 Å². The Morgan fingerprint density at radius 1 is 1.21 bits per heavy atom. The van der Waals surface area contributed by atoms with Crippen molar-refractivity contribution >= 4 is 17.8 Å². The number of aliphatic hydroxyl groups excluding tert-OH is 1. The maximum atomic E-state index is 13.2. The minimum Gasteiger partial charge on any atom is -0.466 e. The first-order valence-electron chi connectivity index (χ1n) is 10.5. The highest BCUT2D eigenvalue weighted by atomic mass is 16.5. The molecule has 0 bridgehead atoms. The molecular weight excluding hydrogens is 360 g/mol. The molecule has 28 heavy (non-hydrogen) atoms. The second kappa shape index (κ2) is 10.6. The summed E-state index contributed by atoms with van der Waals surface area (Å²) in [5, 5.41) is 12.2. The molecule has 1 saturated heterocycles. The molecule has 0 unspecified atom stereocenters. The van der Waals surface area contributed by atoms with E-state index in [1.54, 1.807) is 11.8 Å². The zero-order valence-electron chi connectivity index (χ0n) is 17.2. The molecule has 2 N–H and O–H groups in total. The van der Waals surface area contributed by atoms with E-state index in [9.17, 15) is 19.5 Å². The molecule has 5 atom stereocenters. The van der Waals surface area contributed by atoms with Gasteiger partial charge >= 0.3 is 5.97 Å². The van der Waals surface area contributed by atoms with Gasteiger partial charge in [-0.2, -0.15) is 0 Å². The Kier molecular flexibility index (Phi) is 8.48. The van der Waals surface area contributed by atoms with E-state index in [1.807, 2.05) is 19.1 Å². The van der Waals surface area contributed by atoms with Crippen molar-refractivity contribution in [2.45, 2.75) is 52.5 Å². The van der Waals surface area contributed by atoms with Crippen molar-refractivity contribution in [2.75, 3.05) is 26.3 Å². The molecule has 0 saturated carbocycles. The number of likely N-dealkylation sites (tertiary alicyclic amines) is 1. The van der Waals surface area contributed by atoms with Crippen LogP contribution in [0.25, 0.3) is 0 Å². The molecule has 7 nitrogen and oxygen atoms in total. The van der Waals surface area contributed by atoms with Gasteiger partial charge in [0.15, 0.2) is 0 Å². The van der Waals surface area contributed by atoms with Crippen LogP contribution in [-0.4, -0.2) is 60.1 Å². The highest BCUT2D eigenvalue weighted by molar-refractivity contribution is 5.96. The number of hydrogen-bond donors (Lipinski definition) is 2. The van der Waals surface area contributed by atoms with Gasteiger partial charge in [0.1, 0.15) is 6.04 Å². The van der Waals surface area contributed by atoms with Crippen LogP contribution in [0.1, 0.15) is 46.5 Å². The number of allylic oxidation sites excluding steroid dienone is 1. The third kappa shape index (κ3) is 4.74. The summed E-state index contributed by atoms with van der Waals surface area (Å²) in [6, 6.07) is -0.647. The number of esters is 1. The highest BCUT2D eigenvalue weighted by Gasteiger charge is 2.56. The Hall–Kier alpha value is -1.89. The van der Waals surface area contributed by atoms with Crippen molar-refractivity contribution in [3.63, 3.8) is 0 Å². The first-order valence-corrected chi connectivity index (χ1v) is 10.5. The maximum absolute atomic E-state index is 13.2. The van der Waals surface area contributed by atoms with Gasteiger partial charge in [0, 0.05) is 25.6 Å². The van der Waals surface area contributed by atoms with Crippen LogP contribution in [0.2, 0.25) is 0 Å². The lowest BCUT2D eigenvalue weighted by Crippen LogP contribution is -2.47. The molecule has 2 aliphatic rings. The fraction of sp³-hybridized carbons (Fsp3) is 0.762. The van der Waals surface area contributed by atoms with E-state index < -0.39 is 17.9 Å². The van der Waals surface area contributed by atoms with Gasteiger partial charge in [0.05, 0.1) is 18.4 Å². The lowest BCUT2D eigenvalue weighted by atomic mass is 9.70. The standard InChI is InChI=1S/C21H34N2O5/c1-4-6-7-11-22-19(25)18-15-10-9-14(3)16(21(27)28-5-2)17(15)20(26)23(18)12-8-13-24/h9-10,14-18,24H,4-8,11-13H2,1-3H3,(H,22,25)/t14-,15+,16-,17+,18+/m1/s1. The molecule has 1 aliphatic heterocycles. The van der Waals surface area contributed by atoms with Gasteiger partial charge in [-0.1, -0.05) is 38.8 Å². The zero-order valence-corrected chi connectivity index (χ0v) is 17.2. The summed E-state index contributed by atoms with van der Waals surface area (Å²) in [6.07, 6.45) is 7.22. The van der Waals surface area contributed by atoms with E-state index in [0.29, 0.717) is 19.5 Å². The molecule has 0 aromatic heterocycles. The average Bonchev–Trinajstić information content (AvgIpc) is 2.95. The predicted octanol–water partition coefficient (Wildman–Crippen LogP) is 1.50. The number of fused-ring (bicyclic) bond motifs is 1. The third-order valence-corrected chi connectivity index (χ3v) is 5.74. The van der Waals surface area contributed by atoms with Crippen LogP contribution in [0.3, 0.4) is 0 Å². The summed E-state index contributed by atoms with van der Waals surface area (Å²) in [5.74, 6) is -2.42. The molecule has 1 heterocycles. The largest absolute Gasteiger partial charge is 0.466 e. The van der Waals surface area contributed by atoms with Crippen molar-refractivity contribution in [1.82, 2.24) is 10.2 Å². The molecule has 158 valence electrons. The molecule has 0 spiro atoms. The molecule has 7 heteroatoms. The summed E-state index contributed by atoms with van der Waals surface area (Å²) in [6.45, 7) is 6.82. The number of aliphatic hydroxyl groups is 1. The molecule has 0 aromatic carbocycles. The van der Waals surface area contributed by atoms with Gasteiger partial charge in [-0.3, -0.25) is 14.4 Å². The van der Waals surface area contributed by atoms with E-state index in [1.165, 1.54) is 0 Å². The number of ether oxygens (including phenoxy) is 1. The summed E-state index contributed by atoms with van der Waals surface area (Å²) in [7, 11) is 0. The number of unbranched alkanes of at least 4 members (excludes halogenated alkanes) is 2. The van der Waals surface area contributed by atoms with Crippen LogP contribution in [0.15, 0.2) is 12.2 Å². The molecule has 2 amide bonds. The van der Waals surface area contributed by atoms with Crippen LogP contribution >= 0.6 is 0 Å². The fourth-order valence-corrected chi connectivity index (χ4v) is 4.36. The van der Waals surface area contributed by atoms with Crippen LogP contribution in [0, 0.1) is 23.7 Å². The van der Waals surface area contributed by atoms with Crippen LogP contribution in [0.4, 0.5) is 0 Å². The van der Waals surface area contributed by atoms with Gasteiger partial charge < -0.3 is 20.1 Å². The van der Waals surface area contributed by atoms with Gasteiger partial charge in [-0.15, -0.1) is 0 Å². The molecule has 1 aliphatic carbocycles. The van der Waals surface area contributed by atoms with Crippen molar-refractivity contribution < 1.29 is 24.2 Å². The fourth-order valence-electron chi connectivity index (χ4n) is 4.36. The van der Waals surface area contributed by atoms with E-state index >= 15 is 0 Å². The van der Waals surface area contributed by atoms with Crippen LogP contribution < -0.4 is 5.32 Å². The third-order valence-electron chi connectivity index (χ3n) is 5.74. The predicted molar refractivity (Wildman–Crippen MR) is 105 cm³/mol. The van der Waals surface area contributed by atoms with Gasteiger partial charge in [-0.05, 0) is 25.7 Å². The van der Waals surface area contributed by atoms with Gasteiger partial charge in [0.25, 0.3) is 0 Å². The minimum atomic E-state index is -0.647. The molecular formula is C21H34N2O5. The van der Waals surface area contributed by atoms with E-state index in [2.05, 4.69) is 12.2 Å². The number of carbonyl (C=O) groups excluding carboxylic acids is 3. The summed E-state index contributed by atoms with van der Waals surface area (Å²) >= 11 is 0. The number of hydrogen-bond acceptors (Lipinski definition) is 5. The summed E-state index contributed by atoms with van der Waals surface area (Å²) < 4.78 is 5.23. The Bertz CT molecular complexity index is 591. The average molecular weight is 395 g/mol. The quantitative estimate of drug-likeness (QED) is 0.333. The Labute approximate surface area is 167 Å². The number of amides is 2. The normalized spacial score (nSPS) is 28.9. The van der Waals surface area contributed by atoms with Crippen LogP contribution in [-0.2, 0) is 19.1 Å². The van der Waals surface area contributed by atoms with Gasteiger partial charge in [0.2, 0.25) is 11.8 Å². The monoisotopic (exact) mass is 394 g/mol. The van der Waals surface area contributed by atoms with Crippen molar-refractivity contribution in [3.8, 4) is 0 Å². The number of nitrogens with one attached hydrogen (secondary N) is 1. The van der Waals surface area contributed by atoms with Crippen molar-refractivity contribution in [2.24, 2.45) is 23.7 Å². The zero-order chi connectivity index (χ0) is 20.7. The van der Waals surface area contributed by atoms with E-state index in [-0.39, 0.29) is 42.8 Å². The molecule has 0 aromatic rings. The first kappa shape index (κ1) is 22.4. The Morgan fingerprint density at radius 2 is 1.96 bits per heavy atom. The minimum absolute atomic E-state index is 0.0580. The molecule has 1 fully saturated rings. The van der Waals surface area contributed by atoms with Crippen molar-refractivity contribution in [1.29, 1.82) is 0 Å². The first-order chi connectivity index (χ1) is 13.5. The Balaban J connectivity index is 2.26. The smallest absolute Gasteiger partial charge is 0.310 e. The number of carbonyl (C=O) groups is 3. The van der Waals surface area contributed by atoms with Crippen LogP contribution in [0.5, 0.6) is 0 Å².